The summed E-state index contributed by atoms with van der Waals surface area (Å²) < 4.78 is 4.71. The summed E-state index contributed by atoms with van der Waals surface area (Å²) in [5.41, 5.74) is 0. The van der Waals surface area contributed by atoms with E-state index < -0.39 is 5.76 Å². The number of hydrogen-bond acceptors (Lipinski definition) is 3. The third kappa shape index (κ3) is 2.57. The first-order valence-corrected chi connectivity index (χ1v) is 3.87. The zero-order chi connectivity index (χ0) is 8.10. The first kappa shape index (κ1) is 8.04. The summed E-state index contributed by atoms with van der Waals surface area (Å²) in [5.74, 6) is 0.0555. The van der Waals surface area contributed by atoms with E-state index in [1.54, 1.807) is 0 Å². The van der Waals surface area contributed by atoms with Gasteiger partial charge in [0.1, 0.15) is 0 Å². The molecule has 1 aromatic rings. The van der Waals surface area contributed by atoms with E-state index in [9.17, 15) is 4.79 Å². The van der Waals surface area contributed by atoms with Crippen LogP contribution in [0, 0.1) is 0 Å². The van der Waals surface area contributed by atoms with Crippen molar-refractivity contribution in [3.05, 3.63) is 16.4 Å². The van der Waals surface area contributed by atoms with Crippen LogP contribution in [0.4, 0.5) is 0 Å². The molecule has 0 unspecified atom stereocenters. The Morgan fingerprint density at radius 3 is 2.91 bits per heavy atom. The second-order valence-electron chi connectivity index (χ2n) is 2.46. The topological polar surface area (TPSA) is 58.9 Å². The molecular weight excluding hydrogens is 144 g/mol. The van der Waals surface area contributed by atoms with Gasteiger partial charge in [0, 0.05) is 6.42 Å². The SMILES string of the molecule is CCCCCc1n[nH]c(=O)o1. The molecule has 1 N–H and O–H groups in total. The molecule has 0 aliphatic rings. The first-order valence-electron chi connectivity index (χ1n) is 3.87. The minimum absolute atomic E-state index is 0.462. The fourth-order valence-corrected chi connectivity index (χ4v) is 0.894. The van der Waals surface area contributed by atoms with Crippen molar-refractivity contribution in [2.24, 2.45) is 0 Å². The molecule has 4 heteroatoms. The largest absolute Gasteiger partial charge is 0.434 e. The predicted octanol–water partition coefficient (Wildman–Crippen LogP) is 1.10. The summed E-state index contributed by atoms with van der Waals surface area (Å²) in [7, 11) is 0. The van der Waals surface area contributed by atoms with Gasteiger partial charge in [-0.2, -0.15) is 0 Å². The van der Waals surface area contributed by atoms with Gasteiger partial charge in [0.05, 0.1) is 0 Å². The van der Waals surface area contributed by atoms with E-state index in [2.05, 4.69) is 17.1 Å². The third-order valence-corrected chi connectivity index (χ3v) is 1.48. The molecule has 0 saturated heterocycles. The van der Waals surface area contributed by atoms with Crippen molar-refractivity contribution >= 4 is 0 Å². The van der Waals surface area contributed by atoms with E-state index >= 15 is 0 Å². The maximum atomic E-state index is 10.4. The van der Waals surface area contributed by atoms with Gasteiger partial charge in [-0.3, -0.25) is 0 Å². The van der Waals surface area contributed by atoms with Crippen LogP contribution in [0.15, 0.2) is 9.21 Å². The molecule has 0 spiro atoms. The van der Waals surface area contributed by atoms with E-state index in [0.717, 1.165) is 25.7 Å². The molecule has 11 heavy (non-hydrogen) atoms. The molecule has 0 amide bonds. The number of aromatic nitrogens is 2. The summed E-state index contributed by atoms with van der Waals surface area (Å²) in [6, 6.07) is 0. The number of unbranched alkanes of at least 4 members (excludes halogenated alkanes) is 2. The normalized spacial score (nSPS) is 10.3. The fraction of sp³-hybridized carbons (Fsp3) is 0.714. The second-order valence-corrected chi connectivity index (χ2v) is 2.46. The standard InChI is InChI=1S/C7H12N2O2/c1-2-3-4-5-6-8-9-7(10)11-6/h2-5H2,1H3,(H,9,10). The molecule has 4 nitrogen and oxygen atoms in total. The molecule has 1 heterocycles. The number of nitrogens with one attached hydrogen (secondary N) is 1. The number of aryl methyl sites for hydroxylation is 1. The Bertz CT molecular complexity index is 251. The molecule has 1 aromatic heterocycles. The van der Waals surface area contributed by atoms with Crippen LogP contribution in [-0.2, 0) is 6.42 Å². The highest BCUT2D eigenvalue weighted by molar-refractivity contribution is 4.72. The van der Waals surface area contributed by atoms with Crippen molar-refractivity contribution in [3.63, 3.8) is 0 Å². The summed E-state index contributed by atoms with van der Waals surface area (Å²) in [5, 5.41) is 5.91. The van der Waals surface area contributed by atoms with Gasteiger partial charge in [0.25, 0.3) is 0 Å². The van der Waals surface area contributed by atoms with Gasteiger partial charge >= 0.3 is 5.76 Å². The highest BCUT2D eigenvalue weighted by Gasteiger charge is 1.98. The van der Waals surface area contributed by atoms with Crippen LogP contribution in [0.1, 0.15) is 32.1 Å². The molecule has 0 atom stereocenters. The summed E-state index contributed by atoms with van der Waals surface area (Å²) in [4.78, 5) is 10.4. The van der Waals surface area contributed by atoms with Crippen LogP contribution >= 0.6 is 0 Å². The Balaban J connectivity index is 2.33. The molecular formula is C7H12N2O2. The lowest BCUT2D eigenvalue weighted by molar-refractivity contribution is 0.453. The lowest BCUT2D eigenvalue weighted by Gasteiger charge is -1.90. The Morgan fingerprint density at radius 1 is 1.55 bits per heavy atom. The van der Waals surface area contributed by atoms with Gasteiger partial charge < -0.3 is 4.42 Å². The molecule has 0 fully saturated rings. The second kappa shape index (κ2) is 3.95. The van der Waals surface area contributed by atoms with E-state index in [1.807, 2.05) is 0 Å². The summed E-state index contributed by atoms with van der Waals surface area (Å²) in [6.07, 6.45) is 4.10. The van der Waals surface area contributed by atoms with Gasteiger partial charge in [-0.25, -0.2) is 9.89 Å². The molecule has 0 aromatic carbocycles. The fourth-order valence-electron chi connectivity index (χ4n) is 0.894. The summed E-state index contributed by atoms with van der Waals surface area (Å²) in [6.45, 7) is 2.13. The van der Waals surface area contributed by atoms with E-state index in [1.165, 1.54) is 0 Å². The molecule has 0 saturated carbocycles. The first-order chi connectivity index (χ1) is 5.33. The van der Waals surface area contributed by atoms with Crippen LogP contribution < -0.4 is 5.76 Å². The van der Waals surface area contributed by atoms with Crippen LogP contribution in [0.25, 0.3) is 0 Å². The predicted molar refractivity (Wildman–Crippen MR) is 40.4 cm³/mol. The maximum Gasteiger partial charge on any atom is 0.434 e. The Kier molecular flexibility index (Phi) is 2.89. The van der Waals surface area contributed by atoms with E-state index in [4.69, 9.17) is 4.42 Å². The van der Waals surface area contributed by atoms with Gasteiger partial charge in [-0.1, -0.05) is 19.8 Å². The maximum absolute atomic E-state index is 10.4. The molecule has 0 bridgehead atoms. The monoisotopic (exact) mass is 156 g/mol. The van der Waals surface area contributed by atoms with Crippen LogP contribution in [0.3, 0.4) is 0 Å². The van der Waals surface area contributed by atoms with Gasteiger partial charge in [-0.05, 0) is 6.42 Å². The van der Waals surface area contributed by atoms with Crippen molar-refractivity contribution in [3.8, 4) is 0 Å². The third-order valence-electron chi connectivity index (χ3n) is 1.48. The van der Waals surface area contributed by atoms with Crippen LogP contribution in [0.5, 0.6) is 0 Å². The smallest absolute Gasteiger partial charge is 0.393 e. The average Bonchev–Trinajstić information content (AvgIpc) is 2.37. The van der Waals surface area contributed by atoms with Crippen molar-refractivity contribution in [1.29, 1.82) is 0 Å². The van der Waals surface area contributed by atoms with Crippen molar-refractivity contribution in [1.82, 2.24) is 10.2 Å². The minimum atomic E-state index is -0.462. The zero-order valence-corrected chi connectivity index (χ0v) is 6.59. The lowest BCUT2D eigenvalue weighted by Crippen LogP contribution is -1.93. The van der Waals surface area contributed by atoms with Crippen LogP contribution in [-0.4, -0.2) is 10.2 Å². The summed E-state index contributed by atoms with van der Waals surface area (Å²) >= 11 is 0. The highest BCUT2D eigenvalue weighted by atomic mass is 16.4. The quantitative estimate of drug-likeness (QED) is 0.664. The number of H-pyrrole nitrogens is 1. The molecule has 0 aliphatic heterocycles. The van der Waals surface area contributed by atoms with Crippen molar-refractivity contribution < 1.29 is 4.42 Å². The Labute approximate surface area is 64.6 Å². The number of aromatic amines is 1. The Hall–Kier alpha value is -1.06. The average molecular weight is 156 g/mol. The van der Waals surface area contributed by atoms with Crippen molar-refractivity contribution in [2.45, 2.75) is 32.6 Å². The molecule has 1 rings (SSSR count). The van der Waals surface area contributed by atoms with Gasteiger partial charge in [0.15, 0.2) is 0 Å². The number of hydrogen-bond donors (Lipinski definition) is 1. The van der Waals surface area contributed by atoms with Crippen molar-refractivity contribution in [2.75, 3.05) is 0 Å². The molecule has 62 valence electrons. The highest BCUT2D eigenvalue weighted by Crippen LogP contribution is 2.00. The minimum Gasteiger partial charge on any atom is -0.393 e. The van der Waals surface area contributed by atoms with E-state index in [-0.39, 0.29) is 0 Å². The van der Waals surface area contributed by atoms with Gasteiger partial charge in [0.2, 0.25) is 5.89 Å². The molecule has 0 radical (unpaired) electrons. The lowest BCUT2D eigenvalue weighted by atomic mass is 10.2. The van der Waals surface area contributed by atoms with Crippen LogP contribution in [0.2, 0.25) is 0 Å². The number of rotatable bonds is 4. The zero-order valence-electron chi connectivity index (χ0n) is 6.59. The van der Waals surface area contributed by atoms with Gasteiger partial charge in [-0.15, -0.1) is 5.10 Å². The Morgan fingerprint density at radius 2 is 2.36 bits per heavy atom. The number of nitrogens with zero attached hydrogens (tertiary/aromatic N) is 1. The molecule has 0 aliphatic carbocycles. The van der Waals surface area contributed by atoms with E-state index in [0.29, 0.717) is 5.89 Å².